The fraction of sp³-hybridized carbons (Fsp3) is 0.286. The van der Waals surface area contributed by atoms with Crippen molar-refractivity contribution in [2.45, 2.75) is 19.4 Å². The van der Waals surface area contributed by atoms with Gasteiger partial charge in [-0.05, 0) is 47.1 Å². The molecular formula is C14H15BrN4O. The van der Waals surface area contributed by atoms with E-state index >= 15 is 0 Å². The van der Waals surface area contributed by atoms with Crippen LogP contribution in [0.5, 0.6) is 0 Å². The Morgan fingerprint density at radius 3 is 3.05 bits per heavy atom. The van der Waals surface area contributed by atoms with Crippen LogP contribution in [0.2, 0.25) is 0 Å². The van der Waals surface area contributed by atoms with Crippen molar-refractivity contribution in [3.8, 4) is 11.3 Å². The highest BCUT2D eigenvalue weighted by molar-refractivity contribution is 9.10. The second kappa shape index (κ2) is 5.38. The van der Waals surface area contributed by atoms with E-state index in [1.54, 1.807) is 0 Å². The van der Waals surface area contributed by atoms with Gasteiger partial charge in [-0.1, -0.05) is 6.07 Å². The Labute approximate surface area is 125 Å². The Bertz CT molecular complexity index is 665. The van der Waals surface area contributed by atoms with Gasteiger partial charge in [0.25, 0.3) is 0 Å². The van der Waals surface area contributed by atoms with Crippen LogP contribution in [0, 0.1) is 0 Å². The Kier molecular flexibility index (Phi) is 3.58. The van der Waals surface area contributed by atoms with Gasteiger partial charge in [0.1, 0.15) is 0 Å². The molecule has 0 bridgehead atoms. The zero-order chi connectivity index (χ0) is 14.1. The highest BCUT2D eigenvalue weighted by atomic mass is 79.9. The first-order valence-electron chi connectivity index (χ1n) is 6.49. The van der Waals surface area contributed by atoms with Crippen molar-refractivity contribution in [1.29, 1.82) is 0 Å². The van der Waals surface area contributed by atoms with Crippen molar-refractivity contribution < 1.29 is 4.79 Å². The summed E-state index contributed by atoms with van der Waals surface area (Å²) in [5.74, 6) is 0.0867. The van der Waals surface area contributed by atoms with Crippen LogP contribution in [0.1, 0.15) is 17.7 Å². The van der Waals surface area contributed by atoms with Gasteiger partial charge in [-0.3, -0.25) is 4.79 Å². The lowest BCUT2D eigenvalue weighted by molar-refractivity contribution is -0.116. The second-order valence-corrected chi connectivity index (χ2v) is 5.56. The summed E-state index contributed by atoms with van der Waals surface area (Å²) >= 11 is 3.38. The molecule has 2 heterocycles. The van der Waals surface area contributed by atoms with Crippen LogP contribution in [0.3, 0.4) is 0 Å². The normalized spacial score (nSPS) is 14.0. The monoisotopic (exact) mass is 334 g/mol. The van der Waals surface area contributed by atoms with E-state index < -0.39 is 0 Å². The summed E-state index contributed by atoms with van der Waals surface area (Å²) in [4.78, 5) is 19.1. The van der Waals surface area contributed by atoms with Crippen molar-refractivity contribution in [3.05, 3.63) is 34.2 Å². The molecule has 1 aliphatic heterocycles. The van der Waals surface area contributed by atoms with Crippen LogP contribution in [-0.2, 0) is 17.8 Å². The number of H-pyrrole nitrogens is 1. The second-order valence-electron chi connectivity index (χ2n) is 4.81. The number of benzene rings is 1. The van der Waals surface area contributed by atoms with Crippen LogP contribution in [0.25, 0.3) is 11.3 Å². The smallest absolute Gasteiger partial charge is 0.224 e. The summed E-state index contributed by atoms with van der Waals surface area (Å²) in [5, 5.41) is 6.02. The first-order chi connectivity index (χ1) is 9.67. The number of nitrogens with one attached hydrogen (secondary N) is 3. The Hall–Kier alpha value is -1.66. The van der Waals surface area contributed by atoms with E-state index in [1.807, 2.05) is 19.2 Å². The van der Waals surface area contributed by atoms with E-state index in [0.717, 1.165) is 45.9 Å². The van der Waals surface area contributed by atoms with E-state index in [2.05, 4.69) is 42.6 Å². The molecule has 1 amide bonds. The summed E-state index contributed by atoms with van der Waals surface area (Å²) in [6.45, 7) is 0.724. The van der Waals surface area contributed by atoms with Gasteiger partial charge in [-0.15, -0.1) is 0 Å². The van der Waals surface area contributed by atoms with Crippen molar-refractivity contribution >= 4 is 27.5 Å². The van der Waals surface area contributed by atoms with Crippen molar-refractivity contribution in [2.24, 2.45) is 0 Å². The molecule has 104 valence electrons. The van der Waals surface area contributed by atoms with Gasteiger partial charge in [0.05, 0.1) is 11.4 Å². The van der Waals surface area contributed by atoms with Gasteiger partial charge in [-0.25, -0.2) is 4.98 Å². The van der Waals surface area contributed by atoms with Crippen molar-refractivity contribution in [3.63, 3.8) is 0 Å². The van der Waals surface area contributed by atoms with E-state index in [0.29, 0.717) is 6.42 Å². The molecule has 0 atom stereocenters. The maximum absolute atomic E-state index is 11.4. The van der Waals surface area contributed by atoms with E-state index in [4.69, 9.17) is 0 Å². The summed E-state index contributed by atoms with van der Waals surface area (Å²) in [7, 11) is 1.90. The lowest BCUT2D eigenvalue weighted by atomic mass is 9.98. The molecule has 0 fully saturated rings. The first kappa shape index (κ1) is 13.3. The molecule has 1 aromatic heterocycles. The van der Waals surface area contributed by atoms with Gasteiger partial charge in [0.15, 0.2) is 4.73 Å². The highest BCUT2D eigenvalue weighted by Gasteiger charge is 2.17. The number of carbonyl (C=O) groups excluding carboxylic acids is 1. The molecule has 6 heteroatoms. The number of nitrogens with zero attached hydrogens (tertiary/aromatic N) is 1. The van der Waals surface area contributed by atoms with Gasteiger partial charge in [-0.2, -0.15) is 0 Å². The number of carbonyl (C=O) groups is 1. The molecule has 1 aliphatic rings. The minimum atomic E-state index is 0.0867. The number of aryl methyl sites for hydroxylation is 1. The van der Waals surface area contributed by atoms with Gasteiger partial charge < -0.3 is 15.6 Å². The fourth-order valence-corrected chi connectivity index (χ4v) is 2.87. The predicted octanol–water partition coefficient (Wildman–Crippen LogP) is 2.44. The third-order valence-electron chi connectivity index (χ3n) is 3.38. The molecule has 0 saturated carbocycles. The lowest BCUT2D eigenvalue weighted by Crippen LogP contribution is -2.18. The number of halogens is 1. The number of hydrogen-bond acceptors (Lipinski definition) is 3. The fourth-order valence-electron chi connectivity index (χ4n) is 2.45. The maximum atomic E-state index is 11.4. The Balaban J connectivity index is 2.01. The zero-order valence-electron chi connectivity index (χ0n) is 11.1. The van der Waals surface area contributed by atoms with Gasteiger partial charge in [0.2, 0.25) is 5.91 Å². The topological polar surface area (TPSA) is 69.8 Å². The molecule has 3 rings (SSSR count). The molecule has 2 aromatic rings. The molecule has 5 nitrogen and oxygen atoms in total. The average Bonchev–Trinajstić information content (AvgIpc) is 2.79. The summed E-state index contributed by atoms with van der Waals surface area (Å²) in [6.07, 6.45) is 1.33. The standard InChI is InChI=1S/C14H15BrN4O/c1-16-7-11-13(19-14(15)18-11)9-2-4-10-8(6-9)3-5-12(20)17-10/h2,4,6,16H,3,5,7H2,1H3,(H,17,20)(H,18,19). The number of rotatable bonds is 3. The average molecular weight is 335 g/mol. The number of aromatic amines is 1. The number of fused-ring (bicyclic) bond motifs is 1. The molecule has 0 unspecified atom stereocenters. The lowest BCUT2D eigenvalue weighted by Gasteiger charge is -2.17. The van der Waals surface area contributed by atoms with E-state index in [9.17, 15) is 4.79 Å². The van der Waals surface area contributed by atoms with Crippen LogP contribution in [0.4, 0.5) is 5.69 Å². The molecule has 0 radical (unpaired) electrons. The van der Waals surface area contributed by atoms with E-state index in [-0.39, 0.29) is 5.91 Å². The molecule has 0 saturated heterocycles. The highest BCUT2D eigenvalue weighted by Crippen LogP contribution is 2.30. The van der Waals surface area contributed by atoms with Crippen LogP contribution in [0.15, 0.2) is 22.9 Å². The molecular weight excluding hydrogens is 320 g/mol. The largest absolute Gasteiger partial charge is 0.335 e. The van der Waals surface area contributed by atoms with Crippen LogP contribution >= 0.6 is 15.9 Å². The third-order valence-corrected chi connectivity index (χ3v) is 3.75. The van der Waals surface area contributed by atoms with Crippen LogP contribution < -0.4 is 10.6 Å². The molecule has 3 N–H and O–H groups in total. The molecule has 0 spiro atoms. The number of hydrogen-bond donors (Lipinski definition) is 3. The van der Waals surface area contributed by atoms with Gasteiger partial charge in [0, 0.05) is 24.2 Å². The number of imidazole rings is 1. The number of aromatic nitrogens is 2. The van der Waals surface area contributed by atoms with Gasteiger partial charge >= 0.3 is 0 Å². The molecule has 20 heavy (non-hydrogen) atoms. The van der Waals surface area contributed by atoms with E-state index in [1.165, 1.54) is 0 Å². The quantitative estimate of drug-likeness (QED) is 0.807. The Morgan fingerprint density at radius 2 is 2.25 bits per heavy atom. The van der Waals surface area contributed by atoms with Crippen LogP contribution in [-0.4, -0.2) is 22.9 Å². The summed E-state index contributed by atoms with van der Waals surface area (Å²) < 4.78 is 0.726. The molecule has 0 aliphatic carbocycles. The van der Waals surface area contributed by atoms with Crippen molar-refractivity contribution in [2.75, 3.05) is 12.4 Å². The molecule has 1 aromatic carbocycles. The Morgan fingerprint density at radius 1 is 1.40 bits per heavy atom. The number of amides is 1. The minimum Gasteiger partial charge on any atom is -0.335 e. The van der Waals surface area contributed by atoms with Crippen molar-refractivity contribution in [1.82, 2.24) is 15.3 Å². The number of anilines is 1. The third kappa shape index (κ3) is 2.48. The maximum Gasteiger partial charge on any atom is 0.224 e. The zero-order valence-corrected chi connectivity index (χ0v) is 12.7. The minimum absolute atomic E-state index is 0.0867. The summed E-state index contributed by atoms with van der Waals surface area (Å²) in [6, 6.07) is 6.05. The first-order valence-corrected chi connectivity index (χ1v) is 7.29. The summed E-state index contributed by atoms with van der Waals surface area (Å²) in [5.41, 5.74) is 5.11. The predicted molar refractivity (Wildman–Crippen MR) is 81.4 cm³/mol. The SMILES string of the molecule is CNCc1[nH]c(Br)nc1-c1ccc2c(c1)CCC(=O)N2.